The molecule has 0 N–H and O–H groups in total. The summed E-state index contributed by atoms with van der Waals surface area (Å²) in [6.45, 7) is 5.45. The summed E-state index contributed by atoms with van der Waals surface area (Å²) in [5.41, 5.74) is 2.95. The first-order valence-corrected chi connectivity index (χ1v) is 10.2. The Morgan fingerprint density at radius 3 is 2.57 bits per heavy atom. The summed E-state index contributed by atoms with van der Waals surface area (Å²) >= 11 is 0. The molecule has 1 aliphatic rings. The van der Waals surface area contributed by atoms with Crippen LogP contribution in [0.4, 0.5) is 5.69 Å². The van der Waals surface area contributed by atoms with Crippen LogP contribution in [-0.4, -0.2) is 46.8 Å². The fourth-order valence-electron chi connectivity index (χ4n) is 3.42. The minimum atomic E-state index is -0.0272. The van der Waals surface area contributed by atoms with Crippen LogP contribution in [0.1, 0.15) is 36.2 Å². The minimum Gasteiger partial charge on any atom is -0.492 e. The first-order valence-electron chi connectivity index (χ1n) is 10.2. The number of anilines is 1. The van der Waals surface area contributed by atoms with Gasteiger partial charge in [-0.1, -0.05) is 6.92 Å². The van der Waals surface area contributed by atoms with Crippen molar-refractivity contribution in [2.45, 2.75) is 20.3 Å². The van der Waals surface area contributed by atoms with Gasteiger partial charge in [-0.15, -0.1) is 0 Å². The van der Waals surface area contributed by atoms with Gasteiger partial charge in [-0.05, 0) is 49.8 Å². The van der Waals surface area contributed by atoms with Crippen LogP contribution in [0.25, 0.3) is 6.08 Å². The van der Waals surface area contributed by atoms with Gasteiger partial charge < -0.3 is 23.8 Å². The molecule has 3 rings (SSSR count). The van der Waals surface area contributed by atoms with Crippen molar-refractivity contribution in [2.24, 2.45) is 0 Å². The van der Waals surface area contributed by atoms with Crippen LogP contribution in [-0.2, 0) is 0 Å². The molecule has 0 amide bonds. The van der Waals surface area contributed by atoms with E-state index in [1.807, 2.05) is 69.3 Å². The highest BCUT2D eigenvalue weighted by atomic mass is 16.6. The van der Waals surface area contributed by atoms with Crippen molar-refractivity contribution in [1.82, 2.24) is 0 Å². The van der Waals surface area contributed by atoms with Crippen molar-refractivity contribution >= 4 is 17.5 Å². The predicted octanol–water partition coefficient (Wildman–Crippen LogP) is 4.61. The van der Waals surface area contributed by atoms with Crippen molar-refractivity contribution in [3.63, 3.8) is 0 Å². The van der Waals surface area contributed by atoms with Crippen molar-refractivity contribution in [1.29, 1.82) is 0 Å². The normalized spacial score (nSPS) is 13.0. The van der Waals surface area contributed by atoms with E-state index >= 15 is 0 Å². The number of fused-ring (bicyclic) bond motifs is 1. The number of hydrogen-bond donors (Lipinski definition) is 0. The molecular formula is C24H29NO5. The van der Waals surface area contributed by atoms with Gasteiger partial charge in [-0.2, -0.15) is 0 Å². The van der Waals surface area contributed by atoms with Crippen LogP contribution in [0.2, 0.25) is 0 Å². The number of allylic oxidation sites excluding steroid dienone is 1. The number of Topliss-reactive ketones (excluding diaryl/α,β-unsaturated/α-hetero) is 1. The number of ether oxygens (including phenoxy) is 4. The highest BCUT2D eigenvalue weighted by molar-refractivity contribution is 6.12. The fraction of sp³-hybridized carbons (Fsp3) is 0.375. The van der Waals surface area contributed by atoms with Gasteiger partial charge in [-0.3, -0.25) is 4.79 Å². The zero-order valence-electron chi connectivity index (χ0n) is 18.3. The van der Waals surface area contributed by atoms with Gasteiger partial charge >= 0.3 is 0 Å². The van der Waals surface area contributed by atoms with Gasteiger partial charge in [0.25, 0.3) is 0 Å². The maximum Gasteiger partial charge on any atom is 0.204 e. The van der Waals surface area contributed by atoms with Crippen LogP contribution in [0.3, 0.4) is 0 Å². The molecule has 0 bridgehead atoms. The first kappa shape index (κ1) is 21.6. The molecule has 30 heavy (non-hydrogen) atoms. The number of carbonyl (C=O) groups excluding carboxylic acids is 1. The monoisotopic (exact) mass is 411 g/mol. The molecule has 1 heterocycles. The standard InChI is InChI=1S/C24H29NO5/c1-6-16(14-18-9-11-21-24(23(18)27-5)30-13-12-29-21)22(26)17-8-10-20(28-7-2)19(15-17)25(3)4/h8-11,14-15H,6-7,12-13H2,1-5H3/b16-14+. The second-order valence-electron chi connectivity index (χ2n) is 7.07. The van der Waals surface area contributed by atoms with Gasteiger partial charge in [0.05, 0.1) is 19.4 Å². The molecule has 0 radical (unpaired) electrons. The number of hydrogen-bond acceptors (Lipinski definition) is 6. The molecule has 160 valence electrons. The molecule has 2 aromatic carbocycles. The predicted molar refractivity (Wildman–Crippen MR) is 119 cm³/mol. The fourth-order valence-corrected chi connectivity index (χ4v) is 3.42. The molecule has 0 unspecified atom stereocenters. The van der Waals surface area contributed by atoms with E-state index in [1.54, 1.807) is 7.11 Å². The van der Waals surface area contributed by atoms with Crippen LogP contribution >= 0.6 is 0 Å². The Labute approximate surface area is 178 Å². The summed E-state index contributed by atoms with van der Waals surface area (Å²) in [4.78, 5) is 15.2. The SMILES string of the molecule is CCOc1ccc(C(=O)/C(=C/c2ccc3c(c2OC)OCCO3)CC)cc1N(C)C. The third-order valence-electron chi connectivity index (χ3n) is 4.90. The summed E-state index contributed by atoms with van der Waals surface area (Å²) in [7, 11) is 5.46. The van der Waals surface area contributed by atoms with Crippen LogP contribution in [0.5, 0.6) is 23.0 Å². The highest BCUT2D eigenvalue weighted by Gasteiger charge is 2.21. The van der Waals surface area contributed by atoms with Gasteiger partial charge in [0.1, 0.15) is 19.0 Å². The summed E-state index contributed by atoms with van der Waals surface area (Å²) in [5.74, 6) is 2.54. The molecule has 6 heteroatoms. The summed E-state index contributed by atoms with van der Waals surface area (Å²) in [6.07, 6.45) is 2.45. The second-order valence-corrected chi connectivity index (χ2v) is 7.07. The number of benzene rings is 2. The van der Waals surface area contributed by atoms with E-state index in [2.05, 4.69) is 0 Å². The lowest BCUT2D eigenvalue weighted by molar-refractivity contribution is 0.103. The smallest absolute Gasteiger partial charge is 0.204 e. The lowest BCUT2D eigenvalue weighted by Gasteiger charge is -2.21. The molecule has 0 saturated carbocycles. The van der Waals surface area contributed by atoms with E-state index in [0.29, 0.717) is 54.6 Å². The largest absolute Gasteiger partial charge is 0.492 e. The quantitative estimate of drug-likeness (QED) is 0.467. The average molecular weight is 411 g/mol. The van der Waals surface area contributed by atoms with Crippen LogP contribution in [0.15, 0.2) is 35.9 Å². The van der Waals surface area contributed by atoms with Gasteiger partial charge in [0.15, 0.2) is 17.3 Å². The van der Waals surface area contributed by atoms with E-state index < -0.39 is 0 Å². The molecule has 0 saturated heterocycles. The maximum absolute atomic E-state index is 13.3. The van der Waals surface area contributed by atoms with Crippen LogP contribution in [0, 0.1) is 0 Å². The molecule has 1 aliphatic heterocycles. The lowest BCUT2D eigenvalue weighted by Crippen LogP contribution is -2.16. The molecule has 0 aromatic heterocycles. The Morgan fingerprint density at radius 2 is 1.90 bits per heavy atom. The molecular weight excluding hydrogens is 382 g/mol. The lowest BCUT2D eigenvalue weighted by atomic mass is 9.97. The minimum absolute atomic E-state index is 0.0272. The van der Waals surface area contributed by atoms with Crippen LogP contribution < -0.4 is 23.8 Å². The highest BCUT2D eigenvalue weighted by Crippen LogP contribution is 2.42. The maximum atomic E-state index is 13.3. The molecule has 2 aromatic rings. The summed E-state index contributed by atoms with van der Waals surface area (Å²) < 4.78 is 22.6. The topological polar surface area (TPSA) is 57.2 Å². The van der Waals surface area contributed by atoms with E-state index in [-0.39, 0.29) is 5.78 Å². The molecule has 0 aliphatic carbocycles. The molecule has 0 spiro atoms. The van der Waals surface area contributed by atoms with E-state index in [1.165, 1.54) is 0 Å². The van der Waals surface area contributed by atoms with Crippen molar-refractivity contribution in [2.75, 3.05) is 45.9 Å². The Kier molecular flexibility index (Phi) is 6.87. The number of nitrogens with zero attached hydrogens (tertiary/aromatic N) is 1. The summed E-state index contributed by atoms with van der Waals surface area (Å²) in [5, 5.41) is 0. The van der Waals surface area contributed by atoms with Crippen molar-refractivity contribution in [3.8, 4) is 23.0 Å². The number of ketones is 1. The average Bonchev–Trinajstić information content (AvgIpc) is 2.76. The Balaban J connectivity index is 1.99. The zero-order valence-corrected chi connectivity index (χ0v) is 18.3. The Hall–Kier alpha value is -3.15. The summed E-state index contributed by atoms with van der Waals surface area (Å²) in [6, 6.07) is 9.27. The Morgan fingerprint density at radius 1 is 1.13 bits per heavy atom. The number of rotatable bonds is 8. The van der Waals surface area contributed by atoms with E-state index in [9.17, 15) is 4.79 Å². The molecule has 6 nitrogen and oxygen atoms in total. The van der Waals surface area contributed by atoms with E-state index in [0.717, 1.165) is 17.0 Å². The van der Waals surface area contributed by atoms with Crippen molar-refractivity contribution < 1.29 is 23.7 Å². The molecule has 0 atom stereocenters. The van der Waals surface area contributed by atoms with Gasteiger partial charge in [0.2, 0.25) is 5.75 Å². The molecule has 0 fully saturated rings. The first-order chi connectivity index (χ1) is 14.5. The van der Waals surface area contributed by atoms with Gasteiger partial charge in [0, 0.05) is 30.8 Å². The van der Waals surface area contributed by atoms with E-state index in [4.69, 9.17) is 18.9 Å². The van der Waals surface area contributed by atoms with Crippen molar-refractivity contribution in [3.05, 3.63) is 47.0 Å². The zero-order chi connectivity index (χ0) is 21.7. The second kappa shape index (κ2) is 9.57. The number of methoxy groups -OCH3 is 1. The Bertz CT molecular complexity index is 949. The van der Waals surface area contributed by atoms with Gasteiger partial charge in [-0.25, -0.2) is 0 Å². The third kappa shape index (κ3) is 4.37. The third-order valence-corrected chi connectivity index (χ3v) is 4.90. The number of carbonyl (C=O) groups is 1.